The third-order valence-electron chi connectivity index (χ3n) is 2.41. The van der Waals surface area contributed by atoms with Crippen molar-refractivity contribution in [2.75, 3.05) is 5.32 Å². The molecule has 2 aromatic rings. The van der Waals surface area contributed by atoms with Crippen molar-refractivity contribution in [1.82, 2.24) is 15.2 Å². The molecule has 0 fully saturated rings. The molecule has 0 amide bonds. The summed E-state index contributed by atoms with van der Waals surface area (Å²) < 4.78 is 0. The maximum atomic E-state index is 10.5. The van der Waals surface area contributed by atoms with E-state index in [2.05, 4.69) is 20.5 Å². The summed E-state index contributed by atoms with van der Waals surface area (Å²) in [4.78, 5) is 13.9. The number of nitrogens with zero attached hydrogens (tertiary/aromatic N) is 3. The third-order valence-corrected chi connectivity index (χ3v) is 2.70. The normalized spacial score (nSPS) is 12.1. The minimum atomic E-state index is -0.540. The van der Waals surface area contributed by atoms with Crippen LogP contribution >= 0.6 is 11.6 Å². The van der Waals surface area contributed by atoms with E-state index in [1.54, 1.807) is 12.4 Å². The van der Waals surface area contributed by atoms with Gasteiger partial charge in [-0.05, 0) is 6.92 Å². The number of rotatable bonds is 4. The fraction of sp³-hybridized carbons (Fsp3) is 0.200. The van der Waals surface area contributed by atoms with Gasteiger partial charge in [0.2, 0.25) is 0 Å². The summed E-state index contributed by atoms with van der Waals surface area (Å²) in [6.45, 7) is 1.91. The molecule has 0 bridgehead atoms. The Morgan fingerprint density at radius 2 is 2.33 bits per heavy atom. The Bertz CT molecular complexity index is 557. The van der Waals surface area contributed by atoms with Gasteiger partial charge in [-0.15, -0.1) is 0 Å². The maximum absolute atomic E-state index is 10.5. The predicted molar refractivity (Wildman–Crippen MR) is 66.5 cm³/mol. The molecule has 0 saturated carbocycles. The summed E-state index contributed by atoms with van der Waals surface area (Å²) in [5.41, 5.74) is 0.799. The molecule has 2 aromatic heterocycles. The van der Waals surface area contributed by atoms with Crippen molar-refractivity contribution in [1.29, 1.82) is 0 Å². The molecule has 0 spiro atoms. The van der Waals surface area contributed by atoms with Crippen LogP contribution in [0.1, 0.15) is 18.5 Å². The lowest BCUT2D eigenvalue weighted by Crippen LogP contribution is -2.07. The first-order valence-corrected chi connectivity index (χ1v) is 5.51. The maximum Gasteiger partial charge on any atom is 0.289 e. The van der Waals surface area contributed by atoms with Gasteiger partial charge in [-0.2, -0.15) is 5.10 Å². The third kappa shape index (κ3) is 2.57. The van der Waals surface area contributed by atoms with Crippen molar-refractivity contribution in [3.05, 3.63) is 45.4 Å². The smallest absolute Gasteiger partial charge is 0.289 e. The van der Waals surface area contributed by atoms with E-state index in [0.29, 0.717) is 5.82 Å². The van der Waals surface area contributed by atoms with Gasteiger partial charge in [0.05, 0.1) is 22.2 Å². The fourth-order valence-corrected chi connectivity index (χ4v) is 1.64. The highest BCUT2D eigenvalue weighted by molar-refractivity contribution is 6.33. The van der Waals surface area contributed by atoms with Crippen molar-refractivity contribution in [3.63, 3.8) is 0 Å². The summed E-state index contributed by atoms with van der Waals surface area (Å²) in [7, 11) is 0. The van der Waals surface area contributed by atoms with Gasteiger partial charge in [0.15, 0.2) is 0 Å². The average Bonchev–Trinajstić information content (AvgIpc) is 2.85. The van der Waals surface area contributed by atoms with Crippen molar-refractivity contribution in [3.8, 4) is 0 Å². The van der Waals surface area contributed by atoms with Crippen molar-refractivity contribution in [2.45, 2.75) is 13.0 Å². The van der Waals surface area contributed by atoms with Gasteiger partial charge in [-0.25, -0.2) is 4.98 Å². The van der Waals surface area contributed by atoms with E-state index in [1.807, 2.05) is 6.92 Å². The topological polar surface area (TPSA) is 96.7 Å². The molecule has 0 aliphatic carbocycles. The lowest BCUT2D eigenvalue weighted by molar-refractivity contribution is -0.385. The van der Waals surface area contributed by atoms with E-state index in [9.17, 15) is 10.1 Å². The van der Waals surface area contributed by atoms with Crippen LogP contribution < -0.4 is 5.32 Å². The van der Waals surface area contributed by atoms with Crippen molar-refractivity contribution in [2.24, 2.45) is 0 Å². The number of hydrogen-bond acceptors (Lipinski definition) is 5. The van der Waals surface area contributed by atoms with Crippen LogP contribution in [-0.2, 0) is 0 Å². The quantitative estimate of drug-likeness (QED) is 0.655. The second-order valence-electron chi connectivity index (χ2n) is 3.68. The SMILES string of the molecule is CC(Nc1ncc([N+](=O)[O-])cc1Cl)c1cn[nH]c1. The van der Waals surface area contributed by atoms with Crippen LogP contribution in [0.2, 0.25) is 5.02 Å². The van der Waals surface area contributed by atoms with E-state index in [-0.39, 0.29) is 16.8 Å². The molecule has 0 saturated heterocycles. The lowest BCUT2D eigenvalue weighted by atomic mass is 10.2. The minimum absolute atomic E-state index is 0.0600. The Labute approximate surface area is 107 Å². The molecule has 0 radical (unpaired) electrons. The zero-order valence-electron chi connectivity index (χ0n) is 9.42. The summed E-state index contributed by atoms with van der Waals surface area (Å²) in [5.74, 6) is 0.399. The number of aromatic amines is 1. The number of halogens is 1. The van der Waals surface area contributed by atoms with Gasteiger partial charge < -0.3 is 5.32 Å². The molecule has 18 heavy (non-hydrogen) atoms. The number of hydrogen-bond donors (Lipinski definition) is 2. The molecule has 7 nitrogen and oxygen atoms in total. The standard InChI is InChI=1S/C10H10ClN5O2/c1-6(7-3-13-14-4-7)15-10-9(11)2-8(5-12-10)16(17)18/h2-6H,1H3,(H,12,15)(H,13,14). The predicted octanol–water partition coefficient (Wildman–Crippen LogP) is 2.54. The van der Waals surface area contributed by atoms with E-state index in [4.69, 9.17) is 11.6 Å². The summed E-state index contributed by atoms with van der Waals surface area (Å²) in [6.07, 6.45) is 4.59. The first-order chi connectivity index (χ1) is 8.58. The molecule has 0 aliphatic rings. The highest BCUT2D eigenvalue weighted by atomic mass is 35.5. The Morgan fingerprint density at radius 1 is 1.56 bits per heavy atom. The highest BCUT2D eigenvalue weighted by Crippen LogP contribution is 2.26. The van der Waals surface area contributed by atoms with E-state index in [0.717, 1.165) is 11.8 Å². The number of anilines is 1. The van der Waals surface area contributed by atoms with Gasteiger partial charge in [-0.3, -0.25) is 15.2 Å². The van der Waals surface area contributed by atoms with E-state index >= 15 is 0 Å². The molecule has 1 atom stereocenters. The first-order valence-electron chi connectivity index (χ1n) is 5.13. The number of pyridine rings is 1. The number of aromatic nitrogens is 3. The minimum Gasteiger partial charge on any atom is -0.362 e. The number of nitrogens with one attached hydrogen (secondary N) is 2. The van der Waals surface area contributed by atoms with Crippen LogP contribution in [0.4, 0.5) is 11.5 Å². The van der Waals surface area contributed by atoms with E-state index in [1.165, 1.54) is 6.07 Å². The van der Waals surface area contributed by atoms with E-state index < -0.39 is 4.92 Å². The number of nitro groups is 1. The molecule has 2 rings (SSSR count). The Balaban J connectivity index is 2.17. The fourth-order valence-electron chi connectivity index (χ4n) is 1.42. The Hall–Kier alpha value is -2.15. The van der Waals surface area contributed by atoms with Gasteiger partial charge in [0.1, 0.15) is 12.0 Å². The monoisotopic (exact) mass is 267 g/mol. The summed E-state index contributed by atoms with van der Waals surface area (Å²) in [6, 6.07) is 1.20. The molecule has 8 heteroatoms. The zero-order chi connectivity index (χ0) is 13.1. The second kappa shape index (κ2) is 5.01. The van der Waals surface area contributed by atoms with Crippen LogP contribution in [0, 0.1) is 10.1 Å². The van der Waals surface area contributed by atoms with Gasteiger partial charge in [0.25, 0.3) is 5.69 Å². The Kier molecular flexibility index (Phi) is 3.42. The summed E-state index contributed by atoms with van der Waals surface area (Å²) >= 11 is 5.93. The molecular formula is C10H10ClN5O2. The van der Waals surface area contributed by atoms with Crippen LogP contribution in [-0.4, -0.2) is 20.1 Å². The van der Waals surface area contributed by atoms with Crippen molar-refractivity contribution >= 4 is 23.1 Å². The average molecular weight is 268 g/mol. The second-order valence-corrected chi connectivity index (χ2v) is 4.09. The first kappa shape index (κ1) is 12.3. The van der Waals surface area contributed by atoms with Gasteiger partial charge >= 0.3 is 0 Å². The van der Waals surface area contributed by atoms with Crippen molar-refractivity contribution < 1.29 is 4.92 Å². The largest absolute Gasteiger partial charge is 0.362 e. The molecule has 94 valence electrons. The molecule has 0 aromatic carbocycles. The van der Waals surface area contributed by atoms with Crippen LogP contribution in [0.5, 0.6) is 0 Å². The molecule has 1 unspecified atom stereocenters. The lowest BCUT2D eigenvalue weighted by Gasteiger charge is -2.13. The molecule has 2 N–H and O–H groups in total. The highest BCUT2D eigenvalue weighted by Gasteiger charge is 2.13. The van der Waals surface area contributed by atoms with Crippen LogP contribution in [0.25, 0.3) is 0 Å². The van der Waals surface area contributed by atoms with Crippen LogP contribution in [0.15, 0.2) is 24.7 Å². The van der Waals surface area contributed by atoms with Gasteiger partial charge in [-0.1, -0.05) is 11.6 Å². The van der Waals surface area contributed by atoms with Gasteiger partial charge in [0, 0.05) is 17.8 Å². The molecular weight excluding hydrogens is 258 g/mol. The molecule has 2 heterocycles. The summed E-state index contributed by atoms with van der Waals surface area (Å²) in [5, 5.41) is 20.3. The number of H-pyrrole nitrogens is 1. The molecule has 0 aliphatic heterocycles. The Morgan fingerprint density at radius 3 is 2.89 bits per heavy atom. The zero-order valence-corrected chi connectivity index (χ0v) is 10.2. The van der Waals surface area contributed by atoms with Crippen LogP contribution in [0.3, 0.4) is 0 Å².